The van der Waals surface area contributed by atoms with Gasteiger partial charge < -0.3 is 0 Å². The second-order valence-electron chi connectivity index (χ2n) is 6.04. The Morgan fingerprint density at radius 1 is 1.28 bits per heavy atom. The van der Waals surface area contributed by atoms with E-state index in [1.54, 1.807) is 0 Å². The molecule has 0 unspecified atom stereocenters. The van der Waals surface area contributed by atoms with Crippen LogP contribution in [-0.4, -0.2) is 25.0 Å². The number of benzene rings is 1. The van der Waals surface area contributed by atoms with Crippen molar-refractivity contribution in [1.29, 1.82) is 5.26 Å². The molecular weight excluding hydrogens is 220 g/mol. The molecular formula is C16H24N2. The van der Waals surface area contributed by atoms with Crippen molar-refractivity contribution in [2.45, 2.75) is 39.5 Å². The van der Waals surface area contributed by atoms with Crippen molar-refractivity contribution in [3.63, 3.8) is 0 Å². The van der Waals surface area contributed by atoms with Gasteiger partial charge in [-0.3, -0.25) is 4.90 Å². The zero-order valence-electron chi connectivity index (χ0n) is 12.2. The van der Waals surface area contributed by atoms with Gasteiger partial charge in [0, 0.05) is 6.54 Å². The maximum Gasteiger partial charge on any atom is 0.0863 e. The van der Waals surface area contributed by atoms with Crippen molar-refractivity contribution in [2.75, 3.05) is 20.1 Å². The van der Waals surface area contributed by atoms with Gasteiger partial charge in [-0.15, -0.1) is 0 Å². The molecule has 0 N–H and O–H groups in total. The predicted molar refractivity (Wildman–Crippen MR) is 76.7 cm³/mol. The van der Waals surface area contributed by atoms with Crippen molar-refractivity contribution >= 4 is 0 Å². The molecule has 0 aromatic heterocycles. The van der Waals surface area contributed by atoms with Gasteiger partial charge in [-0.1, -0.05) is 39.0 Å². The van der Waals surface area contributed by atoms with Gasteiger partial charge in [-0.05, 0) is 42.5 Å². The molecule has 0 amide bonds. The molecule has 1 aromatic carbocycles. The van der Waals surface area contributed by atoms with Crippen LogP contribution in [0.15, 0.2) is 18.2 Å². The second kappa shape index (κ2) is 6.02. The molecule has 0 radical (unpaired) electrons. The molecule has 0 spiro atoms. The summed E-state index contributed by atoms with van der Waals surface area (Å²) in [6.07, 6.45) is 1.01. The van der Waals surface area contributed by atoms with Gasteiger partial charge >= 0.3 is 0 Å². The number of aryl methyl sites for hydroxylation is 1. The molecule has 2 heteroatoms. The van der Waals surface area contributed by atoms with Crippen LogP contribution in [0.2, 0.25) is 0 Å². The van der Waals surface area contributed by atoms with Gasteiger partial charge in [0.25, 0.3) is 0 Å². The maximum atomic E-state index is 8.62. The molecule has 0 aliphatic carbocycles. The monoisotopic (exact) mass is 244 g/mol. The highest BCUT2D eigenvalue weighted by Gasteiger charge is 2.14. The smallest absolute Gasteiger partial charge is 0.0863 e. The van der Waals surface area contributed by atoms with E-state index in [1.165, 1.54) is 16.7 Å². The van der Waals surface area contributed by atoms with E-state index in [0.717, 1.165) is 13.0 Å². The highest BCUT2D eigenvalue weighted by atomic mass is 15.1. The van der Waals surface area contributed by atoms with E-state index in [0.29, 0.717) is 6.54 Å². The summed E-state index contributed by atoms with van der Waals surface area (Å²) in [4.78, 5) is 2.05. The predicted octanol–water partition coefficient (Wildman–Crippen LogP) is 3.29. The van der Waals surface area contributed by atoms with Crippen LogP contribution in [-0.2, 0) is 11.8 Å². The molecule has 0 atom stereocenters. The van der Waals surface area contributed by atoms with Crippen LogP contribution in [0.4, 0.5) is 0 Å². The fraction of sp³-hybridized carbons (Fsp3) is 0.562. The van der Waals surface area contributed by atoms with Gasteiger partial charge in [0.15, 0.2) is 0 Å². The van der Waals surface area contributed by atoms with Gasteiger partial charge in [-0.2, -0.15) is 5.26 Å². The van der Waals surface area contributed by atoms with Crippen LogP contribution in [0.25, 0.3) is 0 Å². The molecule has 1 aromatic rings. The van der Waals surface area contributed by atoms with Crippen LogP contribution < -0.4 is 0 Å². The Hall–Kier alpha value is -1.33. The van der Waals surface area contributed by atoms with Crippen molar-refractivity contribution in [1.82, 2.24) is 4.90 Å². The molecule has 0 aliphatic heterocycles. The first kappa shape index (κ1) is 14.7. The highest BCUT2D eigenvalue weighted by Crippen LogP contribution is 2.24. The molecule has 2 nitrogen and oxygen atoms in total. The SMILES string of the molecule is Cc1cc(C(C)(C)C)ccc1CCN(C)CC#N. The Labute approximate surface area is 111 Å². The number of likely N-dealkylation sites (N-methyl/N-ethyl adjacent to an activating group) is 1. The zero-order chi connectivity index (χ0) is 13.8. The van der Waals surface area contributed by atoms with E-state index < -0.39 is 0 Å². The minimum atomic E-state index is 0.209. The molecule has 98 valence electrons. The minimum absolute atomic E-state index is 0.209. The number of rotatable bonds is 4. The van der Waals surface area contributed by atoms with E-state index in [2.05, 4.69) is 56.9 Å². The first-order valence-electron chi connectivity index (χ1n) is 6.50. The Morgan fingerprint density at radius 2 is 1.94 bits per heavy atom. The first-order chi connectivity index (χ1) is 8.34. The minimum Gasteiger partial charge on any atom is -0.293 e. The highest BCUT2D eigenvalue weighted by molar-refractivity contribution is 5.34. The average molecular weight is 244 g/mol. The van der Waals surface area contributed by atoms with E-state index in [4.69, 9.17) is 5.26 Å². The molecule has 0 aliphatic rings. The Morgan fingerprint density at radius 3 is 2.44 bits per heavy atom. The lowest BCUT2D eigenvalue weighted by Crippen LogP contribution is -2.21. The third kappa shape index (κ3) is 4.16. The molecule has 0 saturated heterocycles. The van der Waals surface area contributed by atoms with Crippen molar-refractivity contribution in [2.24, 2.45) is 0 Å². The number of hydrogen-bond acceptors (Lipinski definition) is 2. The van der Waals surface area contributed by atoms with Gasteiger partial charge in [0.05, 0.1) is 12.6 Å². The summed E-state index contributed by atoms with van der Waals surface area (Å²) in [6.45, 7) is 10.3. The number of nitriles is 1. The summed E-state index contributed by atoms with van der Waals surface area (Å²) >= 11 is 0. The van der Waals surface area contributed by atoms with Crippen molar-refractivity contribution in [3.8, 4) is 6.07 Å². The third-order valence-electron chi connectivity index (χ3n) is 3.31. The maximum absolute atomic E-state index is 8.62. The molecule has 1 rings (SSSR count). The van der Waals surface area contributed by atoms with Gasteiger partial charge in [-0.25, -0.2) is 0 Å². The summed E-state index contributed by atoms with van der Waals surface area (Å²) in [5.41, 5.74) is 4.33. The Balaban J connectivity index is 2.72. The van der Waals surface area contributed by atoms with E-state index in [-0.39, 0.29) is 5.41 Å². The summed E-state index contributed by atoms with van der Waals surface area (Å²) in [5, 5.41) is 8.62. The molecule has 0 heterocycles. The normalized spacial score (nSPS) is 11.6. The lowest BCUT2D eigenvalue weighted by Gasteiger charge is -2.21. The second-order valence-corrected chi connectivity index (χ2v) is 6.04. The molecule has 18 heavy (non-hydrogen) atoms. The average Bonchev–Trinajstić information content (AvgIpc) is 2.26. The summed E-state index contributed by atoms with van der Waals surface area (Å²) in [6, 6.07) is 8.93. The lowest BCUT2D eigenvalue weighted by atomic mass is 9.85. The number of hydrogen-bond donors (Lipinski definition) is 0. The first-order valence-corrected chi connectivity index (χ1v) is 6.50. The molecule has 0 bridgehead atoms. The van der Waals surface area contributed by atoms with Gasteiger partial charge in [0.2, 0.25) is 0 Å². The summed E-state index contributed by atoms with van der Waals surface area (Å²) in [7, 11) is 1.99. The van der Waals surface area contributed by atoms with Gasteiger partial charge in [0.1, 0.15) is 0 Å². The summed E-state index contributed by atoms with van der Waals surface area (Å²) in [5.74, 6) is 0. The largest absolute Gasteiger partial charge is 0.293 e. The van der Waals surface area contributed by atoms with Crippen LogP contribution in [0, 0.1) is 18.3 Å². The van der Waals surface area contributed by atoms with E-state index in [1.807, 2.05) is 7.05 Å². The number of nitrogens with zero attached hydrogens (tertiary/aromatic N) is 2. The van der Waals surface area contributed by atoms with E-state index in [9.17, 15) is 0 Å². The van der Waals surface area contributed by atoms with Crippen molar-refractivity contribution in [3.05, 3.63) is 34.9 Å². The molecule has 0 fully saturated rings. The lowest BCUT2D eigenvalue weighted by molar-refractivity contribution is 0.379. The topological polar surface area (TPSA) is 27.0 Å². The quantitative estimate of drug-likeness (QED) is 0.760. The van der Waals surface area contributed by atoms with Crippen LogP contribution >= 0.6 is 0 Å². The fourth-order valence-electron chi connectivity index (χ4n) is 1.95. The van der Waals surface area contributed by atoms with Crippen LogP contribution in [0.3, 0.4) is 0 Å². The Kier molecular flexibility index (Phi) is 4.93. The van der Waals surface area contributed by atoms with Crippen molar-refractivity contribution < 1.29 is 0 Å². The Bertz CT molecular complexity index is 435. The van der Waals surface area contributed by atoms with E-state index >= 15 is 0 Å². The standard InChI is InChI=1S/C16H24N2/c1-13-12-15(16(2,3)4)7-6-14(13)8-10-18(5)11-9-17/h6-7,12H,8,10-11H2,1-5H3. The van der Waals surface area contributed by atoms with Crippen LogP contribution in [0.5, 0.6) is 0 Å². The third-order valence-corrected chi connectivity index (χ3v) is 3.31. The fourth-order valence-corrected chi connectivity index (χ4v) is 1.95. The molecule has 0 saturated carbocycles. The zero-order valence-corrected chi connectivity index (χ0v) is 12.2. The van der Waals surface area contributed by atoms with Crippen LogP contribution in [0.1, 0.15) is 37.5 Å². The summed E-state index contributed by atoms with van der Waals surface area (Å²) < 4.78 is 0.